The molecule has 0 aliphatic carbocycles. The average Bonchev–Trinajstić information content (AvgIpc) is 2.14. The summed E-state index contributed by atoms with van der Waals surface area (Å²) in [6.45, 7) is 4.08. The lowest BCUT2D eigenvalue weighted by molar-refractivity contribution is -0.139. The van der Waals surface area contributed by atoms with E-state index in [1.165, 1.54) is 6.26 Å². The van der Waals surface area contributed by atoms with Crippen LogP contribution in [0.25, 0.3) is 0 Å². The molecule has 76 valence electrons. The van der Waals surface area contributed by atoms with Gasteiger partial charge < -0.3 is 14.6 Å². The van der Waals surface area contributed by atoms with E-state index in [1.54, 1.807) is 6.92 Å². The highest BCUT2D eigenvalue weighted by molar-refractivity contribution is 5.87. The van der Waals surface area contributed by atoms with Crippen molar-refractivity contribution >= 4 is 5.97 Å². The fourth-order valence-corrected chi connectivity index (χ4v) is 0.593. The SMILES string of the molecule is CCCOC(=O)C(C)=COCCO. The standard InChI is InChI=1S/C9H16O4/c1-3-5-13-9(11)8(2)7-12-6-4-10/h7,10H,3-6H2,1-2H3. The van der Waals surface area contributed by atoms with Crippen LogP contribution in [0, 0.1) is 0 Å². The minimum absolute atomic E-state index is 0.0617. The van der Waals surface area contributed by atoms with Crippen molar-refractivity contribution in [1.29, 1.82) is 0 Å². The number of hydrogen-bond donors (Lipinski definition) is 1. The molecule has 0 saturated heterocycles. The van der Waals surface area contributed by atoms with Crippen molar-refractivity contribution in [3.8, 4) is 0 Å². The third-order valence-electron chi connectivity index (χ3n) is 1.23. The molecule has 0 aromatic rings. The Morgan fingerprint density at radius 1 is 1.46 bits per heavy atom. The Morgan fingerprint density at radius 2 is 2.15 bits per heavy atom. The number of aliphatic hydroxyl groups is 1. The molecule has 0 rings (SSSR count). The van der Waals surface area contributed by atoms with Crippen molar-refractivity contribution in [2.75, 3.05) is 19.8 Å². The molecule has 0 heterocycles. The van der Waals surface area contributed by atoms with Crippen LogP contribution in [0.3, 0.4) is 0 Å². The van der Waals surface area contributed by atoms with Crippen molar-refractivity contribution in [1.82, 2.24) is 0 Å². The highest BCUT2D eigenvalue weighted by Crippen LogP contribution is 1.97. The third kappa shape index (κ3) is 6.16. The Kier molecular flexibility index (Phi) is 7.01. The van der Waals surface area contributed by atoms with Gasteiger partial charge in [0.2, 0.25) is 0 Å². The first-order chi connectivity index (χ1) is 6.22. The number of hydrogen-bond acceptors (Lipinski definition) is 4. The van der Waals surface area contributed by atoms with Crippen molar-refractivity contribution in [2.24, 2.45) is 0 Å². The Morgan fingerprint density at radius 3 is 2.69 bits per heavy atom. The van der Waals surface area contributed by atoms with E-state index in [0.717, 1.165) is 6.42 Å². The van der Waals surface area contributed by atoms with Gasteiger partial charge in [0.05, 0.1) is 25.0 Å². The highest BCUT2D eigenvalue weighted by Gasteiger charge is 2.04. The summed E-state index contributed by atoms with van der Waals surface area (Å²) in [7, 11) is 0. The summed E-state index contributed by atoms with van der Waals surface area (Å²) in [4.78, 5) is 11.1. The van der Waals surface area contributed by atoms with Crippen molar-refractivity contribution in [3.63, 3.8) is 0 Å². The molecular weight excluding hydrogens is 172 g/mol. The first-order valence-electron chi connectivity index (χ1n) is 4.28. The van der Waals surface area contributed by atoms with Gasteiger partial charge in [-0.15, -0.1) is 0 Å². The fourth-order valence-electron chi connectivity index (χ4n) is 0.593. The molecule has 4 nitrogen and oxygen atoms in total. The van der Waals surface area contributed by atoms with E-state index in [0.29, 0.717) is 12.2 Å². The van der Waals surface area contributed by atoms with Gasteiger partial charge in [0.15, 0.2) is 0 Å². The summed E-state index contributed by atoms with van der Waals surface area (Å²) >= 11 is 0. The molecule has 13 heavy (non-hydrogen) atoms. The molecule has 0 aromatic heterocycles. The normalized spacial score (nSPS) is 11.2. The Hall–Kier alpha value is -1.03. The van der Waals surface area contributed by atoms with Crippen LogP contribution in [0.15, 0.2) is 11.8 Å². The zero-order valence-electron chi connectivity index (χ0n) is 8.08. The van der Waals surface area contributed by atoms with Gasteiger partial charge in [-0.05, 0) is 13.3 Å². The van der Waals surface area contributed by atoms with Gasteiger partial charge in [-0.2, -0.15) is 0 Å². The third-order valence-corrected chi connectivity index (χ3v) is 1.23. The average molecular weight is 188 g/mol. The second-order valence-corrected chi connectivity index (χ2v) is 2.53. The number of aliphatic hydroxyl groups excluding tert-OH is 1. The summed E-state index contributed by atoms with van der Waals surface area (Å²) in [6, 6.07) is 0. The maximum absolute atomic E-state index is 11.1. The fraction of sp³-hybridized carbons (Fsp3) is 0.667. The summed E-state index contributed by atoms with van der Waals surface area (Å²) in [5, 5.41) is 8.39. The summed E-state index contributed by atoms with van der Waals surface area (Å²) in [5.74, 6) is -0.375. The lowest BCUT2D eigenvalue weighted by Crippen LogP contribution is -2.07. The van der Waals surface area contributed by atoms with Gasteiger partial charge in [-0.25, -0.2) is 4.79 Å². The molecule has 0 unspecified atom stereocenters. The molecule has 0 aliphatic rings. The van der Waals surface area contributed by atoms with Crippen LogP contribution in [0.4, 0.5) is 0 Å². The molecule has 0 saturated carbocycles. The zero-order chi connectivity index (χ0) is 10.1. The molecular formula is C9H16O4. The maximum atomic E-state index is 11.1. The summed E-state index contributed by atoms with van der Waals surface area (Å²) < 4.78 is 9.67. The van der Waals surface area contributed by atoms with E-state index in [2.05, 4.69) is 0 Å². The van der Waals surface area contributed by atoms with E-state index in [1.807, 2.05) is 6.92 Å². The first kappa shape index (κ1) is 12.0. The Balaban J connectivity index is 3.72. The number of rotatable bonds is 6. The van der Waals surface area contributed by atoms with Crippen LogP contribution >= 0.6 is 0 Å². The van der Waals surface area contributed by atoms with E-state index in [4.69, 9.17) is 14.6 Å². The number of esters is 1. The molecule has 4 heteroatoms. The quantitative estimate of drug-likeness (QED) is 0.290. The van der Waals surface area contributed by atoms with Crippen molar-refractivity contribution < 1.29 is 19.4 Å². The van der Waals surface area contributed by atoms with Gasteiger partial charge in [-0.3, -0.25) is 0 Å². The van der Waals surface area contributed by atoms with Gasteiger partial charge in [0, 0.05) is 0 Å². The minimum Gasteiger partial charge on any atom is -0.498 e. The van der Waals surface area contributed by atoms with Crippen molar-refractivity contribution in [2.45, 2.75) is 20.3 Å². The smallest absolute Gasteiger partial charge is 0.336 e. The molecule has 1 N–H and O–H groups in total. The predicted octanol–water partition coefficient (Wildman–Crippen LogP) is 0.852. The first-order valence-corrected chi connectivity index (χ1v) is 4.28. The molecule has 0 amide bonds. The maximum Gasteiger partial charge on any atom is 0.336 e. The van der Waals surface area contributed by atoms with E-state index < -0.39 is 0 Å². The van der Waals surface area contributed by atoms with Gasteiger partial charge >= 0.3 is 5.97 Å². The van der Waals surface area contributed by atoms with Crippen molar-refractivity contribution in [3.05, 3.63) is 11.8 Å². The minimum atomic E-state index is -0.375. The van der Waals surface area contributed by atoms with Gasteiger partial charge in [-0.1, -0.05) is 6.92 Å². The second kappa shape index (κ2) is 7.61. The zero-order valence-corrected chi connectivity index (χ0v) is 8.08. The van der Waals surface area contributed by atoms with Crippen LogP contribution in [0.5, 0.6) is 0 Å². The lowest BCUT2D eigenvalue weighted by atomic mass is 10.3. The van der Waals surface area contributed by atoms with E-state index in [-0.39, 0.29) is 19.2 Å². The topological polar surface area (TPSA) is 55.8 Å². The van der Waals surface area contributed by atoms with Crippen LogP contribution in [0.1, 0.15) is 20.3 Å². The molecule has 0 radical (unpaired) electrons. The Labute approximate surface area is 78.2 Å². The van der Waals surface area contributed by atoms with Gasteiger partial charge in [0.25, 0.3) is 0 Å². The molecule has 0 fully saturated rings. The van der Waals surface area contributed by atoms with E-state index in [9.17, 15) is 4.79 Å². The molecule has 0 atom stereocenters. The summed E-state index contributed by atoms with van der Waals surface area (Å²) in [6.07, 6.45) is 2.10. The predicted molar refractivity (Wildman–Crippen MR) is 48.0 cm³/mol. The second-order valence-electron chi connectivity index (χ2n) is 2.53. The summed E-state index contributed by atoms with van der Waals surface area (Å²) in [5.41, 5.74) is 0.405. The lowest BCUT2D eigenvalue weighted by Gasteiger charge is -2.03. The van der Waals surface area contributed by atoms with E-state index >= 15 is 0 Å². The number of ether oxygens (including phenoxy) is 2. The monoisotopic (exact) mass is 188 g/mol. The molecule has 0 bridgehead atoms. The largest absolute Gasteiger partial charge is 0.498 e. The number of carbonyl (C=O) groups is 1. The molecule has 0 aliphatic heterocycles. The number of carbonyl (C=O) groups excluding carboxylic acids is 1. The van der Waals surface area contributed by atoms with Crippen LogP contribution < -0.4 is 0 Å². The van der Waals surface area contributed by atoms with Crippen LogP contribution in [-0.4, -0.2) is 30.9 Å². The van der Waals surface area contributed by atoms with Gasteiger partial charge in [0.1, 0.15) is 6.61 Å². The highest BCUT2D eigenvalue weighted by atomic mass is 16.5. The molecule has 0 spiro atoms. The Bertz CT molecular complexity index is 174. The van der Waals surface area contributed by atoms with Crippen LogP contribution in [0.2, 0.25) is 0 Å². The van der Waals surface area contributed by atoms with Crippen LogP contribution in [-0.2, 0) is 14.3 Å². The molecule has 0 aromatic carbocycles.